The van der Waals surface area contributed by atoms with Gasteiger partial charge in [0, 0.05) is 6.54 Å². The first-order valence-electron chi connectivity index (χ1n) is 6.54. The average Bonchev–Trinajstić information content (AvgIpc) is 2.54. The molecule has 0 radical (unpaired) electrons. The number of carbonyl (C=O) groups excluding carboxylic acids is 1. The Morgan fingerprint density at radius 2 is 2.23 bits per heavy atom. The fourth-order valence-electron chi connectivity index (χ4n) is 1.61. The van der Waals surface area contributed by atoms with E-state index in [1.165, 1.54) is 0 Å². The van der Waals surface area contributed by atoms with Crippen LogP contribution in [0.25, 0.3) is 0 Å². The summed E-state index contributed by atoms with van der Waals surface area (Å²) >= 11 is 1.13. The maximum atomic E-state index is 11.8. The predicted molar refractivity (Wildman–Crippen MR) is 83.0 cm³/mol. The highest BCUT2D eigenvalue weighted by molar-refractivity contribution is 7.99. The van der Waals surface area contributed by atoms with E-state index in [4.69, 9.17) is 4.74 Å². The number of hydrogen-bond acceptors (Lipinski definition) is 6. The summed E-state index contributed by atoms with van der Waals surface area (Å²) in [5.74, 6) is 0.738. The van der Waals surface area contributed by atoms with Crippen LogP contribution in [0.5, 0.6) is 5.75 Å². The Balaban J connectivity index is 1.82. The SMILES string of the molecule is COc1cccc(CNC(=O)CSc2nnc(C)c(=O)[nH]2)c1. The molecule has 1 heterocycles. The van der Waals surface area contributed by atoms with E-state index in [0.717, 1.165) is 23.1 Å². The van der Waals surface area contributed by atoms with Crippen LogP contribution in [0, 0.1) is 6.92 Å². The van der Waals surface area contributed by atoms with Crippen LogP contribution < -0.4 is 15.6 Å². The molecule has 1 amide bonds. The first kappa shape index (κ1) is 16.0. The van der Waals surface area contributed by atoms with Gasteiger partial charge < -0.3 is 10.1 Å². The minimum atomic E-state index is -0.297. The number of benzene rings is 1. The first-order chi connectivity index (χ1) is 10.6. The number of ether oxygens (including phenoxy) is 1. The van der Waals surface area contributed by atoms with E-state index in [9.17, 15) is 9.59 Å². The molecule has 2 aromatic rings. The van der Waals surface area contributed by atoms with E-state index < -0.39 is 0 Å². The average molecular weight is 320 g/mol. The van der Waals surface area contributed by atoms with Gasteiger partial charge in [-0.3, -0.25) is 14.6 Å². The van der Waals surface area contributed by atoms with Crippen LogP contribution in [0.4, 0.5) is 0 Å². The summed E-state index contributed by atoms with van der Waals surface area (Å²) in [5, 5.41) is 10.6. The summed E-state index contributed by atoms with van der Waals surface area (Å²) in [7, 11) is 1.59. The molecule has 0 saturated carbocycles. The summed E-state index contributed by atoms with van der Waals surface area (Å²) in [6.07, 6.45) is 0. The molecule has 0 aliphatic rings. The van der Waals surface area contributed by atoms with Gasteiger partial charge in [-0.2, -0.15) is 0 Å². The molecule has 0 saturated heterocycles. The molecule has 0 fully saturated rings. The quantitative estimate of drug-likeness (QED) is 0.767. The zero-order valence-corrected chi connectivity index (χ0v) is 13.1. The summed E-state index contributed by atoms with van der Waals surface area (Å²) < 4.78 is 5.12. The highest BCUT2D eigenvalue weighted by atomic mass is 32.2. The van der Waals surface area contributed by atoms with Crippen LogP contribution in [0.3, 0.4) is 0 Å². The zero-order chi connectivity index (χ0) is 15.9. The van der Waals surface area contributed by atoms with E-state index in [0.29, 0.717) is 17.4 Å². The van der Waals surface area contributed by atoms with Gasteiger partial charge in [0.2, 0.25) is 5.91 Å². The number of aryl methyl sites for hydroxylation is 1. The maximum absolute atomic E-state index is 11.8. The minimum Gasteiger partial charge on any atom is -0.497 e. The first-order valence-corrected chi connectivity index (χ1v) is 7.53. The second-order valence-electron chi connectivity index (χ2n) is 4.46. The molecule has 8 heteroatoms. The summed E-state index contributed by atoms with van der Waals surface area (Å²) in [6, 6.07) is 7.46. The zero-order valence-electron chi connectivity index (χ0n) is 12.3. The van der Waals surface area contributed by atoms with Crippen molar-refractivity contribution in [2.45, 2.75) is 18.6 Å². The van der Waals surface area contributed by atoms with Crippen LogP contribution in [-0.2, 0) is 11.3 Å². The number of methoxy groups -OCH3 is 1. The van der Waals surface area contributed by atoms with Crippen molar-refractivity contribution in [2.75, 3.05) is 12.9 Å². The van der Waals surface area contributed by atoms with Gasteiger partial charge in [0.1, 0.15) is 11.4 Å². The number of aromatic amines is 1. The molecule has 22 heavy (non-hydrogen) atoms. The van der Waals surface area contributed by atoms with Gasteiger partial charge in [-0.05, 0) is 24.6 Å². The third-order valence-corrected chi connectivity index (χ3v) is 3.67. The summed E-state index contributed by atoms with van der Waals surface area (Å²) in [5.41, 5.74) is 0.947. The van der Waals surface area contributed by atoms with E-state index >= 15 is 0 Å². The van der Waals surface area contributed by atoms with Gasteiger partial charge in [0.05, 0.1) is 12.9 Å². The molecule has 0 bridgehead atoms. The Labute approximate surface area is 131 Å². The maximum Gasteiger partial charge on any atom is 0.273 e. The van der Waals surface area contributed by atoms with Crippen molar-refractivity contribution in [1.82, 2.24) is 20.5 Å². The highest BCUT2D eigenvalue weighted by Crippen LogP contribution is 2.12. The third kappa shape index (κ3) is 4.59. The van der Waals surface area contributed by atoms with Crippen LogP contribution in [0.15, 0.2) is 34.2 Å². The number of aromatic nitrogens is 3. The molecule has 2 rings (SSSR count). The number of H-pyrrole nitrogens is 1. The molecule has 1 aromatic heterocycles. The molecule has 116 valence electrons. The molecule has 1 aromatic carbocycles. The third-order valence-electron chi connectivity index (χ3n) is 2.80. The molecule has 0 spiro atoms. The number of nitrogens with zero attached hydrogens (tertiary/aromatic N) is 2. The lowest BCUT2D eigenvalue weighted by Gasteiger charge is -2.06. The van der Waals surface area contributed by atoms with Crippen molar-refractivity contribution in [2.24, 2.45) is 0 Å². The molecule has 2 N–H and O–H groups in total. The second-order valence-corrected chi connectivity index (χ2v) is 5.43. The van der Waals surface area contributed by atoms with Crippen molar-refractivity contribution in [3.8, 4) is 5.75 Å². The fourth-order valence-corrected chi connectivity index (χ4v) is 2.24. The molecule has 0 aliphatic heterocycles. The molecular weight excluding hydrogens is 304 g/mol. The van der Waals surface area contributed by atoms with E-state index in [-0.39, 0.29) is 17.2 Å². The lowest BCUT2D eigenvalue weighted by atomic mass is 10.2. The lowest BCUT2D eigenvalue weighted by Crippen LogP contribution is -2.25. The number of hydrogen-bond donors (Lipinski definition) is 2. The smallest absolute Gasteiger partial charge is 0.273 e. The predicted octanol–water partition coefficient (Wildman–Crippen LogP) is 0.890. The van der Waals surface area contributed by atoms with Gasteiger partial charge in [-0.15, -0.1) is 10.2 Å². The summed E-state index contributed by atoms with van der Waals surface area (Å²) in [6.45, 7) is 1.98. The Kier molecular flexibility index (Phi) is 5.54. The number of nitrogens with one attached hydrogen (secondary N) is 2. The van der Waals surface area contributed by atoms with E-state index in [1.54, 1.807) is 14.0 Å². The standard InChI is InChI=1S/C14H16N4O3S/c1-9-13(20)16-14(18-17-9)22-8-12(19)15-7-10-4-3-5-11(6-10)21-2/h3-6H,7-8H2,1-2H3,(H,15,19)(H,16,18,20). The van der Waals surface area contributed by atoms with E-state index in [2.05, 4.69) is 20.5 Å². The van der Waals surface area contributed by atoms with Gasteiger partial charge in [-0.1, -0.05) is 23.9 Å². The number of thioether (sulfide) groups is 1. The largest absolute Gasteiger partial charge is 0.497 e. The second kappa shape index (κ2) is 7.60. The molecule has 0 atom stereocenters. The number of rotatable bonds is 6. The molecule has 0 unspecified atom stereocenters. The normalized spacial score (nSPS) is 10.3. The van der Waals surface area contributed by atoms with Crippen molar-refractivity contribution in [3.63, 3.8) is 0 Å². The molecular formula is C14H16N4O3S. The monoisotopic (exact) mass is 320 g/mol. The van der Waals surface area contributed by atoms with Crippen LogP contribution in [0.1, 0.15) is 11.3 Å². The topological polar surface area (TPSA) is 97.0 Å². The molecule has 7 nitrogen and oxygen atoms in total. The van der Waals surface area contributed by atoms with E-state index in [1.807, 2.05) is 24.3 Å². The van der Waals surface area contributed by atoms with Gasteiger partial charge in [-0.25, -0.2) is 0 Å². The minimum absolute atomic E-state index is 0.150. The Bertz CT molecular complexity index is 717. The van der Waals surface area contributed by atoms with Gasteiger partial charge >= 0.3 is 0 Å². The highest BCUT2D eigenvalue weighted by Gasteiger charge is 2.06. The molecule has 0 aliphatic carbocycles. The Morgan fingerprint density at radius 1 is 1.41 bits per heavy atom. The van der Waals surface area contributed by atoms with Gasteiger partial charge in [0.15, 0.2) is 5.16 Å². The Hall–Kier alpha value is -2.35. The van der Waals surface area contributed by atoms with Crippen molar-refractivity contribution in [3.05, 3.63) is 45.9 Å². The van der Waals surface area contributed by atoms with Crippen molar-refractivity contribution >= 4 is 17.7 Å². The van der Waals surface area contributed by atoms with Crippen molar-refractivity contribution < 1.29 is 9.53 Å². The lowest BCUT2D eigenvalue weighted by molar-refractivity contribution is -0.118. The fraction of sp³-hybridized carbons (Fsp3) is 0.286. The summed E-state index contributed by atoms with van der Waals surface area (Å²) in [4.78, 5) is 25.7. The van der Waals surface area contributed by atoms with Crippen molar-refractivity contribution in [1.29, 1.82) is 0 Å². The Morgan fingerprint density at radius 3 is 2.95 bits per heavy atom. The van der Waals surface area contributed by atoms with Crippen LogP contribution in [-0.4, -0.2) is 34.0 Å². The number of carbonyl (C=O) groups is 1. The van der Waals surface area contributed by atoms with Crippen LogP contribution in [0.2, 0.25) is 0 Å². The van der Waals surface area contributed by atoms with Gasteiger partial charge in [0.25, 0.3) is 5.56 Å². The van der Waals surface area contributed by atoms with Crippen LogP contribution >= 0.6 is 11.8 Å². The number of amides is 1.